The van der Waals surface area contributed by atoms with Crippen molar-refractivity contribution in [1.82, 2.24) is 15.0 Å². The third-order valence-electron chi connectivity index (χ3n) is 2.18. The van der Waals surface area contributed by atoms with E-state index in [4.69, 9.17) is 11.6 Å². The molecule has 100 valence electrons. The van der Waals surface area contributed by atoms with Gasteiger partial charge in [-0.25, -0.2) is 4.79 Å². The van der Waals surface area contributed by atoms with Crippen molar-refractivity contribution in [2.75, 3.05) is 10.6 Å². The lowest BCUT2D eigenvalue weighted by Crippen LogP contribution is -2.20. The minimum atomic E-state index is -0.463. The van der Waals surface area contributed by atoms with Crippen molar-refractivity contribution in [3.8, 4) is 0 Å². The number of hydrogen-bond acceptors (Lipinski definition) is 5. The molecule has 0 radical (unpaired) electrons. The number of anilines is 3. The van der Waals surface area contributed by atoms with Crippen molar-refractivity contribution in [1.29, 1.82) is 0 Å². The summed E-state index contributed by atoms with van der Waals surface area (Å²) < 4.78 is 0. The van der Waals surface area contributed by atoms with Crippen LogP contribution in [0.15, 0.2) is 29.1 Å². The molecule has 0 amide bonds. The molecule has 1 heterocycles. The second kappa shape index (κ2) is 5.71. The van der Waals surface area contributed by atoms with Crippen LogP contribution in [0, 0.1) is 0 Å². The molecule has 0 atom stereocenters. The molecule has 0 bridgehead atoms. The summed E-state index contributed by atoms with van der Waals surface area (Å²) in [5.41, 5.74) is 0.309. The van der Waals surface area contributed by atoms with Gasteiger partial charge in [0.25, 0.3) is 0 Å². The van der Waals surface area contributed by atoms with Crippen LogP contribution < -0.4 is 16.3 Å². The number of hydrogen-bond donors (Lipinski definition) is 3. The SMILES string of the molecule is CC(C)Nc1nc(Nc2ccc(Cl)cc2)[nH]c(=O)n1. The average Bonchev–Trinajstić information content (AvgIpc) is 2.30. The first-order valence-corrected chi connectivity index (χ1v) is 6.18. The van der Waals surface area contributed by atoms with Crippen molar-refractivity contribution in [2.45, 2.75) is 19.9 Å². The van der Waals surface area contributed by atoms with Crippen LogP contribution >= 0.6 is 11.6 Å². The number of benzene rings is 1. The van der Waals surface area contributed by atoms with Gasteiger partial charge in [0.2, 0.25) is 11.9 Å². The maximum atomic E-state index is 11.4. The van der Waals surface area contributed by atoms with Crippen LogP contribution in [-0.2, 0) is 0 Å². The first-order valence-electron chi connectivity index (χ1n) is 5.80. The Hall–Kier alpha value is -2.08. The van der Waals surface area contributed by atoms with E-state index < -0.39 is 5.69 Å². The normalized spacial score (nSPS) is 10.5. The highest BCUT2D eigenvalue weighted by molar-refractivity contribution is 6.30. The van der Waals surface area contributed by atoms with Crippen LogP contribution in [0.3, 0.4) is 0 Å². The van der Waals surface area contributed by atoms with E-state index in [9.17, 15) is 4.79 Å². The van der Waals surface area contributed by atoms with Gasteiger partial charge in [-0.3, -0.25) is 4.98 Å². The third-order valence-corrected chi connectivity index (χ3v) is 2.43. The highest BCUT2D eigenvalue weighted by Gasteiger charge is 2.04. The summed E-state index contributed by atoms with van der Waals surface area (Å²) in [4.78, 5) is 21.9. The molecular formula is C12H14ClN5O. The van der Waals surface area contributed by atoms with Crippen LogP contribution in [0.1, 0.15) is 13.8 Å². The van der Waals surface area contributed by atoms with Crippen LogP contribution in [0.5, 0.6) is 0 Å². The van der Waals surface area contributed by atoms with E-state index in [0.29, 0.717) is 11.0 Å². The maximum Gasteiger partial charge on any atom is 0.351 e. The molecule has 2 aromatic rings. The first kappa shape index (κ1) is 13.4. The molecule has 1 aromatic carbocycles. The minimum Gasteiger partial charge on any atom is -0.352 e. The fourth-order valence-electron chi connectivity index (χ4n) is 1.44. The van der Waals surface area contributed by atoms with E-state index in [1.807, 2.05) is 13.8 Å². The Bertz CT molecular complexity index is 608. The molecule has 3 N–H and O–H groups in total. The van der Waals surface area contributed by atoms with Crippen molar-refractivity contribution < 1.29 is 0 Å². The molecule has 0 aliphatic heterocycles. The van der Waals surface area contributed by atoms with Gasteiger partial charge in [0.05, 0.1) is 0 Å². The summed E-state index contributed by atoms with van der Waals surface area (Å²) in [7, 11) is 0. The molecule has 0 saturated heterocycles. The number of H-pyrrole nitrogens is 1. The molecule has 0 aliphatic rings. The van der Waals surface area contributed by atoms with Gasteiger partial charge >= 0.3 is 5.69 Å². The van der Waals surface area contributed by atoms with E-state index >= 15 is 0 Å². The lowest BCUT2D eigenvalue weighted by atomic mass is 10.3. The number of nitrogens with zero attached hydrogens (tertiary/aromatic N) is 2. The number of aromatic nitrogens is 3. The summed E-state index contributed by atoms with van der Waals surface area (Å²) in [5.74, 6) is 0.612. The monoisotopic (exact) mass is 279 g/mol. The molecule has 6 nitrogen and oxygen atoms in total. The fourth-order valence-corrected chi connectivity index (χ4v) is 1.56. The smallest absolute Gasteiger partial charge is 0.351 e. The molecule has 0 saturated carbocycles. The van der Waals surface area contributed by atoms with Gasteiger partial charge in [-0.15, -0.1) is 0 Å². The summed E-state index contributed by atoms with van der Waals surface area (Å²) >= 11 is 5.80. The van der Waals surface area contributed by atoms with Gasteiger partial charge in [0, 0.05) is 16.8 Å². The van der Waals surface area contributed by atoms with Gasteiger partial charge < -0.3 is 10.6 Å². The highest BCUT2D eigenvalue weighted by Crippen LogP contribution is 2.16. The quantitative estimate of drug-likeness (QED) is 0.800. The number of aromatic amines is 1. The van der Waals surface area contributed by atoms with E-state index in [-0.39, 0.29) is 12.0 Å². The minimum absolute atomic E-state index is 0.144. The largest absolute Gasteiger partial charge is 0.352 e. The lowest BCUT2D eigenvalue weighted by molar-refractivity contribution is 0.860. The molecular weight excluding hydrogens is 266 g/mol. The van der Waals surface area contributed by atoms with Crippen molar-refractivity contribution in [3.05, 3.63) is 39.8 Å². The Labute approximate surface area is 115 Å². The number of halogens is 1. The summed E-state index contributed by atoms with van der Waals surface area (Å²) in [5, 5.41) is 6.60. The van der Waals surface area contributed by atoms with Crippen LogP contribution in [-0.4, -0.2) is 21.0 Å². The Kier molecular flexibility index (Phi) is 4.01. The van der Waals surface area contributed by atoms with Gasteiger partial charge in [-0.2, -0.15) is 9.97 Å². The van der Waals surface area contributed by atoms with Crippen LogP contribution in [0.2, 0.25) is 5.02 Å². The summed E-state index contributed by atoms with van der Waals surface area (Å²) in [6, 6.07) is 7.22. The first-order chi connectivity index (χ1) is 9.02. The lowest BCUT2D eigenvalue weighted by Gasteiger charge is -2.09. The zero-order chi connectivity index (χ0) is 13.8. The van der Waals surface area contributed by atoms with E-state index in [1.165, 1.54) is 0 Å². The predicted octanol–water partition coefficient (Wildman–Crippen LogP) is 2.38. The van der Waals surface area contributed by atoms with Crippen LogP contribution in [0.4, 0.5) is 17.6 Å². The van der Waals surface area contributed by atoms with E-state index in [1.54, 1.807) is 24.3 Å². The molecule has 0 aliphatic carbocycles. The molecule has 2 rings (SSSR count). The Morgan fingerprint density at radius 3 is 2.53 bits per heavy atom. The van der Waals surface area contributed by atoms with E-state index in [2.05, 4.69) is 25.6 Å². The van der Waals surface area contributed by atoms with Gasteiger partial charge in [0.15, 0.2) is 0 Å². The molecule has 19 heavy (non-hydrogen) atoms. The van der Waals surface area contributed by atoms with Gasteiger partial charge in [-0.1, -0.05) is 11.6 Å². The fraction of sp³-hybridized carbons (Fsp3) is 0.250. The van der Waals surface area contributed by atoms with Crippen molar-refractivity contribution >= 4 is 29.2 Å². The molecule has 0 unspecified atom stereocenters. The Balaban J connectivity index is 2.22. The molecule has 1 aromatic heterocycles. The topological polar surface area (TPSA) is 82.7 Å². The summed E-state index contributed by atoms with van der Waals surface area (Å²) in [6.07, 6.45) is 0. The number of nitrogens with one attached hydrogen (secondary N) is 3. The molecule has 0 fully saturated rings. The van der Waals surface area contributed by atoms with Crippen LogP contribution in [0.25, 0.3) is 0 Å². The molecule has 7 heteroatoms. The second-order valence-electron chi connectivity index (χ2n) is 4.26. The van der Waals surface area contributed by atoms with Gasteiger partial charge in [0.1, 0.15) is 0 Å². The Morgan fingerprint density at radius 2 is 1.89 bits per heavy atom. The second-order valence-corrected chi connectivity index (χ2v) is 4.69. The highest BCUT2D eigenvalue weighted by atomic mass is 35.5. The van der Waals surface area contributed by atoms with Crippen molar-refractivity contribution in [3.63, 3.8) is 0 Å². The van der Waals surface area contributed by atoms with Gasteiger partial charge in [-0.05, 0) is 38.1 Å². The summed E-state index contributed by atoms with van der Waals surface area (Å²) in [6.45, 7) is 3.88. The third kappa shape index (κ3) is 3.96. The predicted molar refractivity (Wildman–Crippen MR) is 76.1 cm³/mol. The maximum absolute atomic E-state index is 11.4. The average molecular weight is 280 g/mol. The zero-order valence-corrected chi connectivity index (χ0v) is 11.3. The number of rotatable bonds is 4. The molecule has 0 spiro atoms. The van der Waals surface area contributed by atoms with E-state index in [0.717, 1.165) is 5.69 Å². The standard InChI is InChI=1S/C12H14ClN5O/c1-7(2)14-10-16-11(18-12(19)17-10)15-9-5-3-8(13)4-6-9/h3-7H,1-2H3,(H3,14,15,16,17,18,19). The Morgan fingerprint density at radius 1 is 1.21 bits per heavy atom. The zero-order valence-electron chi connectivity index (χ0n) is 10.6. The van der Waals surface area contributed by atoms with Crippen molar-refractivity contribution in [2.24, 2.45) is 0 Å².